The average Bonchev–Trinajstić information content (AvgIpc) is 2.27. The van der Waals surface area contributed by atoms with Gasteiger partial charge >= 0.3 is 0 Å². The summed E-state index contributed by atoms with van der Waals surface area (Å²) in [6.07, 6.45) is 3.29. The highest BCUT2D eigenvalue weighted by Gasteiger charge is 2.09. The molecule has 90 valence electrons. The van der Waals surface area contributed by atoms with Crippen LogP contribution in [0.1, 0.15) is 19.8 Å². The molecule has 0 radical (unpaired) electrons. The maximum absolute atomic E-state index is 11.3. The molecule has 0 saturated carbocycles. The van der Waals surface area contributed by atoms with Crippen molar-refractivity contribution in [3.8, 4) is 5.75 Å². The van der Waals surface area contributed by atoms with Crippen LogP contribution in [0.15, 0.2) is 11.1 Å². The van der Waals surface area contributed by atoms with Crippen LogP contribution in [0.3, 0.4) is 0 Å². The van der Waals surface area contributed by atoms with E-state index >= 15 is 0 Å². The lowest BCUT2D eigenvalue weighted by Gasteiger charge is -2.13. The Kier molecular flexibility index (Phi) is 4.78. The van der Waals surface area contributed by atoms with Gasteiger partial charge in [-0.25, -0.2) is 4.98 Å². The van der Waals surface area contributed by atoms with Crippen LogP contribution < -0.4 is 21.3 Å². The van der Waals surface area contributed by atoms with E-state index in [0.29, 0.717) is 12.4 Å². The highest BCUT2D eigenvalue weighted by atomic mass is 16.5. The quantitative estimate of drug-likeness (QED) is 0.649. The molecule has 0 amide bonds. The number of methoxy groups -OCH3 is 1. The molecule has 0 aromatic carbocycles. The maximum Gasteiger partial charge on any atom is 0.295 e. The number of hydrogen-bond acceptors (Lipinski definition) is 5. The summed E-state index contributed by atoms with van der Waals surface area (Å²) < 4.78 is 4.96. The van der Waals surface area contributed by atoms with Crippen molar-refractivity contribution in [3.63, 3.8) is 0 Å². The number of nitrogens with one attached hydrogen (secondary N) is 2. The van der Waals surface area contributed by atoms with Gasteiger partial charge in [-0.1, -0.05) is 13.3 Å². The number of nitrogens with two attached hydrogens (primary N) is 1. The van der Waals surface area contributed by atoms with Crippen LogP contribution in [0.5, 0.6) is 5.75 Å². The highest BCUT2D eigenvalue weighted by Crippen LogP contribution is 2.13. The topological polar surface area (TPSA) is 93.0 Å². The van der Waals surface area contributed by atoms with Crippen molar-refractivity contribution in [2.45, 2.75) is 25.8 Å². The number of nitrogens with zero attached hydrogens (tertiary/aromatic N) is 1. The van der Waals surface area contributed by atoms with Gasteiger partial charge < -0.3 is 20.8 Å². The molecule has 0 spiro atoms. The number of aromatic nitrogens is 2. The molecule has 0 aliphatic heterocycles. The van der Waals surface area contributed by atoms with Crippen LogP contribution in [-0.2, 0) is 0 Å². The number of ether oxygens (including phenoxy) is 1. The average molecular weight is 226 g/mol. The fourth-order valence-electron chi connectivity index (χ4n) is 1.40. The fraction of sp³-hybridized carbons (Fsp3) is 0.600. The fourth-order valence-corrected chi connectivity index (χ4v) is 1.40. The smallest absolute Gasteiger partial charge is 0.295 e. The second kappa shape index (κ2) is 6.12. The van der Waals surface area contributed by atoms with Crippen LogP contribution in [0.25, 0.3) is 0 Å². The molecular formula is C10H18N4O2. The highest BCUT2D eigenvalue weighted by molar-refractivity contribution is 5.47. The molecule has 0 bridgehead atoms. The summed E-state index contributed by atoms with van der Waals surface area (Å²) in [5, 5.41) is 3.01. The van der Waals surface area contributed by atoms with Crippen molar-refractivity contribution in [1.82, 2.24) is 9.97 Å². The van der Waals surface area contributed by atoms with Gasteiger partial charge in [-0.2, -0.15) is 0 Å². The van der Waals surface area contributed by atoms with Crippen molar-refractivity contribution in [3.05, 3.63) is 16.7 Å². The van der Waals surface area contributed by atoms with Crippen molar-refractivity contribution >= 4 is 5.82 Å². The van der Waals surface area contributed by atoms with Crippen molar-refractivity contribution in [2.24, 2.45) is 5.73 Å². The first kappa shape index (κ1) is 12.5. The van der Waals surface area contributed by atoms with Gasteiger partial charge in [-0.05, 0) is 6.42 Å². The van der Waals surface area contributed by atoms with Crippen LogP contribution in [-0.4, -0.2) is 29.7 Å². The lowest BCUT2D eigenvalue weighted by molar-refractivity contribution is 0.407. The third kappa shape index (κ3) is 3.23. The molecule has 0 aliphatic carbocycles. The minimum absolute atomic E-state index is 0.0517. The Bertz CT molecular complexity index is 377. The predicted molar refractivity (Wildman–Crippen MR) is 62.8 cm³/mol. The van der Waals surface area contributed by atoms with Crippen LogP contribution in [0, 0.1) is 0 Å². The van der Waals surface area contributed by atoms with E-state index in [1.165, 1.54) is 13.4 Å². The van der Waals surface area contributed by atoms with Gasteiger partial charge in [0, 0.05) is 12.6 Å². The van der Waals surface area contributed by atoms with Gasteiger partial charge in [0.15, 0.2) is 5.82 Å². The van der Waals surface area contributed by atoms with Crippen LogP contribution in [0.2, 0.25) is 0 Å². The van der Waals surface area contributed by atoms with E-state index in [1.807, 2.05) is 0 Å². The third-order valence-corrected chi connectivity index (χ3v) is 2.21. The molecule has 0 aliphatic rings. The molecule has 1 aromatic rings. The Morgan fingerprint density at radius 3 is 3.06 bits per heavy atom. The Morgan fingerprint density at radius 1 is 1.69 bits per heavy atom. The first-order valence-electron chi connectivity index (χ1n) is 5.30. The first-order valence-corrected chi connectivity index (χ1v) is 5.30. The second-order valence-electron chi connectivity index (χ2n) is 3.54. The van der Waals surface area contributed by atoms with Crippen molar-refractivity contribution in [2.75, 3.05) is 19.0 Å². The van der Waals surface area contributed by atoms with E-state index in [2.05, 4.69) is 22.2 Å². The molecule has 16 heavy (non-hydrogen) atoms. The minimum Gasteiger partial charge on any atom is -0.489 e. The number of anilines is 1. The Balaban J connectivity index is 2.66. The van der Waals surface area contributed by atoms with Crippen LogP contribution in [0.4, 0.5) is 5.82 Å². The number of aromatic amines is 1. The van der Waals surface area contributed by atoms with Gasteiger partial charge in [0.1, 0.15) is 0 Å². The molecule has 1 aromatic heterocycles. The molecular weight excluding hydrogens is 208 g/mol. The molecule has 1 unspecified atom stereocenters. The van der Waals surface area contributed by atoms with E-state index in [9.17, 15) is 4.79 Å². The Labute approximate surface area is 94.2 Å². The number of hydrogen-bond donors (Lipinski definition) is 3. The lowest BCUT2D eigenvalue weighted by Crippen LogP contribution is -2.29. The SMILES string of the molecule is CCCC(N)CNc1nc[nH]c(=O)c1OC. The molecule has 0 saturated heterocycles. The maximum atomic E-state index is 11.3. The largest absolute Gasteiger partial charge is 0.489 e. The minimum atomic E-state index is -0.302. The van der Waals surface area contributed by atoms with E-state index in [-0.39, 0.29) is 17.4 Å². The second-order valence-corrected chi connectivity index (χ2v) is 3.54. The lowest BCUT2D eigenvalue weighted by atomic mass is 10.2. The van der Waals surface area contributed by atoms with Gasteiger partial charge in [-0.3, -0.25) is 4.79 Å². The molecule has 1 rings (SSSR count). The number of H-pyrrole nitrogens is 1. The normalized spacial score (nSPS) is 12.2. The summed E-state index contributed by atoms with van der Waals surface area (Å²) in [7, 11) is 1.43. The summed E-state index contributed by atoms with van der Waals surface area (Å²) in [5.74, 6) is 0.615. The molecule has 6 nitrogen and oxygen atoms in total. The molecule has 1 heterocycles. The van der Waals surface area contributed by atoms with Crippen molar-refractivity contribution < 1.29 is 4.74 Å². The molecule has 6 heteroatoms. The molecule has 1 atom stereocenters. The van der Waals surface area contributed by atoms with Crippen molar-refractivity contribution in [1.29, 1.82) is 0 Å². The summed E-state index contributed by atoms with van der Waals surface area (Å²) in [6, 6.07) is 0.0517. The van der Waals surface area contributed by atoms with Crippen LogP contribution >= 0.6 is 0 Å². The standard InChI is InChI=1S/C10H18N4O2/c1-3-4-7(11)5-12-9-8(16-2)10(15)14-6-13-9/h6-7H,3-5,11H2,1-2H3,(H2,12,13,14,15). The van der Waals surface area contributed by atoms with Gasteiger partial charge in [0.25, 0.3) is 5.56 Å². The summed E-state index contributed by atoms with van der Waals surface area (Å²) in [6.45, 7) is 2.65. The number of rotatable bonds is 6. The van der Waals surface area contributed by atoms with Gasteiger partial charge in [0.2, 0.25) is 5.75 Å². The van der Waals surface area contributed by atoms with E-state index in [4.69, 9.17) is 10.5 Å². The zero-order valence-electron chi connectivity index (χ0n) is 9.62. The molecule has 4 N–H and O–H groups in total. The van der Waals surface area contributed by atoms with E-state index in [1.54, 1.807) is 0 Å². The van der Waals surface area contributed by atoms with Gasteiger partial charge in [0.05, 0.1) is 13.4 Å². The van der Waals surface area contributed by atoms with E-state index < -0.39 is 0 Å². The predicted octanol–water partition coefficient (Wildman–Crippen LogP) is 0.318. The summed E-state index contributed by atoms with van der Waals surface area (Å²) in [5.41, 5.74) is 5.54. The zero-order chi connectivity index (χ0) is 12.0. The van der Waals surface area contributed by atoms with Gasteiger partial charge in [-0.15, -0.1) is 0 Å². The Hall–Kier alpha value is -1.56. The summed E-state index contributed by atoms with van der Waals surface area (Å²) >= 11 is 0. The first-order chi connectivity index (χ1) is 7.69. The monoisotopic (exact) mass is 226 g/mol. The molecule has 0 fully saturated rings. The zero-order valence-corrected chi connectivity index (χ0v) is 9.62. The van der Waals surface area contributed by atoms with E-state index in [0.717, 1.165) is 12.8 Å². The third-order valence-electron chi connectivity index (χ3n) is 2.21. The summed E-state index contributed by atoms with van der Waals surface area (Å²) in [4.78, 5) is 17.8. The Morgan fingerprint density at radius 2 is 2.44 bits per heavy atom.